The molecule has 0 aliphatic carbocycles. The predicted octanol–water partition coefficient (Wildman–Crippen LogP) is 0.625. The lowest BCUT2D eigenvalue weighted by Gasteiger charge is -1.89. The third kappa shape index (κ3) is 3.90. The van der Waals surface area contributed by atoms with Gasteiger partial charge in [0.25, 0.3) is 6.26 Å². The van der Waals surface area contributed by atoms with Gasteiger partial charge in [-0.2, -0.15) is 5.26 Å². The van der Waals surface area contributed by atoms with E-state index >= 15 is 0 Å². The molecule has 0 spiro atoms. The van der Waals surface area contributed by atoms with E-state index in [2.05, 4.69) is 0 Å². The maximum absolute atomic E-state index is 10.4. The van der Waals surface area contributed by atoms with Gasteiger partial charge in [-0.25, -0.2) is 0 Å². The first kappa shape index (κ1) is 9.98. The number of carbonyl (C=O) groups is 1. The number of hydrogen-bond acceptors (Lipinski definition) is 3. The number of nitriles is 1. The van der Waals surface area contributed by atoms with Crippen molar-refractivity contribution in [3.05, 3.63) is 35.9 Å². The van der Waals surface area contributed by atoms with E-state index in [0.29, 0.717) is 5.56 Å². The lowest BCUT2D eigenvalue weighted by molar-refractivity contribution is 0.100. The van der Waals surface area contributed by atoms with Crippen LogP contribution in [-0.4, -0.2) is 11.0 Å². The Morgan fingerprint density at radius 3 is 2.08 bits per heavy atom. The van der Waals surface area contributed by atoms with Gasteiger partial charge < -0.3 is 10.8 Å². The Morgan fingerprint density at radius 2 is 1.83 bits per heavy atom. The molecule has 0 saturated heterocycles. The molecule has 0 saturated carbocycles. The molecule has 0 aromatic heterocycles. The molecule has 0 atom stereocenters. The SMILES string of the molecule is N#CO.NC(=O)c1ccccc1. The normalized spacial score (nSPS) is 7.25. The van der Waals surface area contributed by atoms with E-state index in [4.69, 9.17) is 16.1 Å². The maximum atomic E-state index is 10.4. The number of carbonyl (C=O) groups excluding carboxylic acids is 1. The molecule has 1 rings (SSSR count). The largest absolute Gasteiger partial charge is 0.443 e. The number of rotatable bonds is 1. The van der Waals surface area contributed by atoms with Gasteiger partial charge in [0.05, 0.1) is 0 Å². The van der Waals surface area contributed by atoms with Crippen LogP contribution in [-0.2, 0) is 0 Å². The Kier molecular flexibility index (Phi) is 4.77. The first-order valence-electron chi connectivity index (χ1n) is 3.10. The monoisotopic (exact) mass is 164 g/mol. The van der Waals surface area contributed by atoms with Crippen molar-refractivity contribution in [3.63, 3.8) is 0 Å². The summed E-state index contributed by atoms with van der Waals surface area (Å²) in [4.78, 5) is 10.4. The summed E-state index contributed by atoms with van der Waals surface area (Å²) in [6.07, 6.45) is 0.750. The fourth-order valence-corrected chi connectivity index (χ4v) is 0.602. The molecular formula is C8H8N2O2. The standard InChI is InChI=1S/C7H7NO.CHNO/c8-7(9)6-4-2-1-3-5-6;2-1-3/h1-5H,(H2,8,9);3H. The number of aliphatic hydroxyl groups excluding tert-OH is 1. The Bertz CT molecular complexity index is 277. The van der Waals surface area contributed by atoms with Crippen LogP contribution in [0.5, 0.6) is 0 Å². The Hall–Kier alpha value is -2.02. The van der Waals surface area contributed by atoms with E-state index in [1.54, 1.807) is 24.3 Å². The van der Waals surface area contributed by atoms with Gasteiger partial charge >= 0.3 is 0 Å². The second-order valence-corrected chi connectivity index (χ2v) is 1.83. The van der Waals surface area contributed by atoms with Gasteiger partial charge in [-0.15, -0.1) is 0 Å². The van der Waals surface area contributed by atoms with Gasteiger partial charge in [0, 0.05) is 5.56 Å². The molecule has 0 heterocycles. The fraction of sp³-hybridized carbons (Fsp3) is 0. The third-order valence-electron chi connectivity index (χ3n) is 1.06. The highest BCUT2D eigenvalue weighted by Crippen LogP contribution is 1.94. The quantitative estimate of drug-likeness (QED) is 0.596. The molecule has 0 fully saturated rings. The Balaban J connectivity index is 0.000000354. The molecule has 0 aliphatic heterocycles. The molecule has 62 valence electrons. The van der Waals surface area contributed by atoms with Crippen LogP contribution in [0, 0.1) is 11.5 Å². The van der Waals surface area contributed by atoms with Crippen LogP contribution in [0.2, 0.25) is 0 Å². The highest BCUT2D eigenvalue weighted by atomic mass is 16.2. The van der Waals surface area contributed by atoms with Gasteiger partial charge in [-0.05, 0) is 12.1 Å². The molecule has 1 aromatic rings. The van der Waals surface area contributed by atoms with E-state index in [-0.39, 0.29) is 5.91 Å². The number of benzene rings is 1. The van der Waals surface area contributed by atoms with Crippen LogP contribution in [0.4, 0.5) is 0 Å². The number of amides is 1. The van der Waals surface area contributed by atoms with Crippen LogP contribution in [0.3, 0.4) is 0 Å². The minimum Gasteiger partial charge on any atom is -0.443 e. The average Bonchev–Trinajstić information content (AvgIpc) is 2.07. The molecule has 4 heteroatoms. The van der Waals surface area contributed by atoms with Crippen molar-refractivity contribution in [3.8, 4) is 6.26 Å². The zero-order chi connectivity index (χ0) is 9.40. The van der Waals surface area contributed by atoms with E-state index in [0.717, 1.165) is 6.26 Å². The van der Waals surface area contributed by atoms with Crippen molar-refractivity contribution >= 4 is 5.91 Å². The molecule has 3 N–H and O–H groups in total. The summed E-state index contributed by atoms with van der Waals surface area (Å²) in [5, 5.41) is 13.8. The van der Waals surface area contributed by atoms with Crippen LogP contribution < -0.4 is 5.73 Å². The second-order valence-electron chi connectivity index (χ2n) is 1.83. The molecule has 12 heavy (non-hydrogen) atoms. The molecule has 0 radical (unpaired) electrons. The molecule has 0 aliphatic rings. The van der Waals surface area contributed by atoms with E-state index in [1.165, 1.54) is 0 Å². The molecular weight excluding hydrogens is 156 g/mol. The van der Waals surface area contributed by atoms with Gasteiger partial charge in [0.1, 0.15) is 0 Å². The third-order valence-corrected chi connectivity index (χ3v) is 1.06. The molecule has 1 amide bonds. The summed E-state index contributed by atoms with van der Waals surface area (Å²) in [6, 6.07) is 8.76. The predicted molar refractivity (Wildman–Crippen MR) is 42.5 cm³/mol. The minimum absolute atomic E-state index is 0.379. The van der Waals surface area contributed by atoms with Crippen molar-refractivity contribution < 1.29 is 9.90 Å². The van der Waals surface area contributed by atoms with Crippen LogP contribution >= 0.6 is 0 Å². The lowest BCUT2D eigenvalue weighted by Crippen LogP contribution is -2.09. The van der Waals surface area contributed by atoms with Crippen molar-refractivity contribution in [2.75, 3.05) is 0 Å². The number of hydrogen-bond donors (Lipinski definition) is 2. The number of primary amides is 1. The van der Waals surface area contributed by atoms with Crippen molar-refractivity contribution in [1.82, 2.24) is 0 Å². The fourth-order valence-electron chi connectivity index (χ4n) is 0.602. The van der Waals surface area contributed by atoms with Crippen LogP contribution in [0.15, 0.2) is 30.3 Å². The van der Waals surface area contributed by atoms with Crippen LogP contribution in [0.1, 0.15) is 10.4 Å². The second kappa shape index (κ2) is 5.74. The summed E-state index contributed by atoms with van der Waals surface area (Å²) >= 11 is 0. The molecule has 0 bridgehead atoms. The number of nitrogens with zero attached hydrogens (tertiary/aromatic N) is 1. The van der Waals surface area contributed by atoms with Crippen molar-refractivity contribution in [2.24, 2.45) is 5.73 Å². The van der Waals surface area contributed by atoms with Gasteiger partial charge in [0.2, 0.25) is 5.91 Å². The van der Waals surface area contributed by atoms with Gasteiger partial charge in [0.15, 0.2) is 0 Å². The zero-order valence-corrected chi connectivity index (χ0v) is 6.27. The van der Waals surface area contributed by atoms with Gasteiger partial charge in [-0.1, -0.05) is 18.2 Å². The summed E-state index contributed by atoms with van der Waals surface area (Å²) < 4.78 is 0. The van der Waals surface area contributed by atoms with E-state index in [1.807, 2.05) is 6.07 Å². The molecule has 0 unspecified atom stereocenters. The van der Waals surface area contributed by atoms with Crippen LogP contribution in [0.25, 0.3) is 0 Å². The topological polar surface area (TPSA) is 87.1 Å². The molecule has 4 nitrogen and oxygen atoms in total. The Labute approximate surface area is 69.9 Å². The summed E-state index contributed by atoms with van der Waals surface area (Å²) in [7, 11) is 0. The van der Waals surface area contributed by atoms with E-state index < -0.39 is 0 Å². The Morgan fingerprint density at radius 1 is 1.42 bits per heavy atom. The minimum atomic E-state index is -0.379. The lowest BCUT2D eigenvalue weighted by atomic mass is 10.2. The number of nitrogens with two attached hydrogens (primary N) is 1. The first-order chi connectivity index (χ1) is 5.72. The van der Waals surface area contributed by atoms with Crippen molar-refractivity contribution in [2.45, 2.75) is 0 Å². The highest BCUT2D eigenvalue weighted by molar-refractivity contribution is 5.92. The van der Waals surface area contributed by atoms with Crippen molar-refractivity contribution in [1.29, 1.82) is 5.26 Å². The summed E-state index contributed by atoms with van der Waals surface area (Å²) in [5.41, 5.74) is 5.53. The zero-order valence-electron chi connectivity index (χ0n) is 6.27. The highest BCUT2D eigenvalue weighted by Gasteiger charge is 1.93. The number of aliphatic hydroxyl groups is 1. The van der Waals surface area contributed by atoms with Gasteiger partial charge in [-0.3, -0.25) is 4.79 Å². The van der Waals surface area contributed by atoms with E-state index in [9.17, 15) is 4.79 Å². The summed E-state index contributed by atoms with van der Waals surface area (Å²) in [5.74, 6) is -0.379. The molecule has 1 aromatic carbocycles. The maximum Gasteiger partial charge on any atom is 0.283 e. The average molecular weight is 164 g/mol. The smallest absolute Gasteiger partial charge is 0.283 e. The first-order valence-corrected chi connectivity index (χ1v) is 3.10. The summed E-state index contributed by atoms with van der Waals surface area (Å²) in [6.45, 7) is 0.